The van der Waals surface area contributed by atoms with E-state index < -0.39 is 12.7 Å². The molecule has 0 spiro atoms. The van der Waals surface area contributed by atoms with Crippen LogP contribution in [0.5, 0.6) is 0 Å². The molecule has 134 valence electrons. The molecule has 0 unspecified atom stereocenters. The second kappa shape index (κ2) is 6.51. The number of hydrogen-bond acceptors (Lipinski definition) is 4. The van der Waals surface area contributed by atoms with E-state index in [1.54, 1.807) is 30.3 Å². The number of amidine groups is 1. The van der Waals surface area contributed by atoms with Gasteiger partial charge in [-0.05, 0) is 17.7 Å². The summed E-state index contributed by atoms with van der Waals surface area (Å²) < 4.78 is 40.8. The highest BCUT2D eigenvalue weighted by atomic mass is 19.4. The zero-order valence-corrected chi connectivity index (χ0v) is 13.5. The first-order chi connectivity index (χ1) is 12.3. The van der Waals surface area contributed by atoms with E-state index in [-0.39, 0.29) is 34.4 Å². The van der Waals surface area contributed by atoms with Crippen LogP contribution in [0.25, 0.3) is 22.6 Å². The van der Waals surface area contributed by atoms with Crippen molar-refractivity contribution < 1.29 is 13.2 Å². The summed E-state index contributed by atoms with van der Waals surface area (Å²) in [6.45, 7) is -1.26. The quantitative estimate of drug-likeness (QED) is 0.491. The van der Waals surface area contributed by atoms with Gasteiger partial charge in [-0.25, -0.2) is 9.97 Å². The van der Waals surface area contributed by atoms with Crippen LogP contribution in [0, 0.1) is 5.41 Å². The molecule has 3 aromatic rings. The summed E-state index contributed by atoms with van der Waals surface area (Å²) in [5, 5.41) is 7.80. The van der Waals surface area contributed by atoms with Crippen LogP contribution in [0.3, 0.4) is 0 Å². The minimum atomic E-state index is -4.48. The van der Waals surface area contributed by atoms with Crippen LogP contribution in [0.2, 0.25) is 0 Å². The number of nitrogens with one attached hydrogen (secondary N) is 1. The van der Waals surface area contributed by atoms with Gasteiger partial charge in [-0.2, -0.15) is 13.2 Å². The lowest BCUT2D eigenvalue weighted by atomic mass is 10.1. The van der Waals surface area contributed by atoms with E-state index in [9.17, 15) is 13.2 Å². The van der Waals surface area contributed by atoms with Crippen LogP contribution in [-0.2, 0) is 6.54 Å². The van der Waals surface area contributed by atoms with Crippen LogP contribution in [0.4, 0.5) is 19.1 Å². The average molecular weight is 360 g/mol. The summed E-state index contributed by atoms with van der Waals surface area (Å²) in [5.41, 5.74) is 12.5. The number of aromatic nitrogens is 3. The lowest BCUT2D eigenvalue weighted by Gasteiger charge is -2.16. The van der Waals surface area contributed by atoms with E-state index in [4.69, 9.17) is 16.9 Å². The molecule has 2 heterocycles. The smallest absolute Gasteiger partial charge is 0.384 e. The van der Waals surface area contributed by atoms with E-state index in [0.29, 0.717) is 5.56 Å². The van der Waals surface area contributed by atoms with Gasteiger partial charge in [-0.1, -0.05) is 30.3 Å². The number of alkyl halides is 3. The highest BCUT2D eigenvalue weighted by Crippen LogP contribution is 2.34. The van der Waals surface area contributed by atoms with Crippen molar-refractivity contribution in [2.45, 2.75) is 12.7 Å². The van der Waals surface area contributed by atoms with Gasteiger partial charge in [0.2, 0.25) is 5.95 Å². The lowest BCUT2D eigenvalue weighted by Crippen LogP contribution is -2.20. The van der Waals surface area contributed by atoms with Crippen molar-refractivity contribution in [3.63, 3.8) is 0 Å². The first kappa shape index (κ1) is 17.5. The Labute approximate surface area is 146 Å². The first-order valence-electron chi connectivity index (χ1n) is 7.55. The van der Waals surface area contributed by atoms with Crippen LogP contribution < -0.4 is 11.5 Å². The zero-order chi connectivity index (χ0) is 18.9. The molecule has 0 aliphatic heterocycles. The first-order valence-corrected chi connectivity index (χ1v) is 7.55. The number of hydrogen-bond donors (Lipinski definition) is 3. The van der Waals surface area contributed by atoms with Gasteiger partial charge in [0.25, 0.3) is 0 Å². The number of nitrogens with two attached hydrogens (primary N) is 2. The second-order valence-corrected chi connectivity index (χ2v) is 5.57. The molecular weight excluding hydrogens is 345 g/mol. The van der Waals surface area contributed by atoms with Crippen LogP contribution in [0.1, 0.15) is 5.56 Å². The molecule has 2 aromatic heterocycles. The summed E-state index contributed by atoms with van der Waals surface area (Å²) in [6.07, 6.45) is -3.12. The van der Waals surface area contributed by atoms with E-state index >= 15 is 0 Å². The van der Waals surface area contributed by atoms with Crippen molar-refractivity contribution in [2.24, 2.45) is 5.73 Å². The zero-order valence-electron chi connectivity index (χ0n) is 13.5. The summed E-state index contributed by atoms with van der Waals surface area (Å²) in [5.74, 6) is -0.402. The monoisotopic (exact) mass is 360 g/mol. The average Bonchev–Trinajstić information content (AvgIpc) is 2.93. The number of rotatable bonds is 4. The van der Waals surface area contributed by atoms with E-state index in [1.165, 1.54) is 18.3 Å². The number of nitrogen functional groups attached to an aromatic ring is 2. The molecule has 3 rings (SSSR count). The van der Waals surface area contributed by atoms with Gasteiger partial charge in [0.15, 0.2) is 0 Å². The minimum absolute atomic E-state index is 0.0621. The normalized spacial score (nSPS) is 11.5. The molecule has 26 heavy (non-hydrogen) atoms. The van der Waals surface area contributed by atoms with Crippen molar-refractivity contribution in [3.05, 3.63) is 54.2 Å². The molecule has 0 amide bonds. The van der Waals surface area contributed by atoms with Crippen molar-refractivity contribution in [3.8, 4) is 22.6 Å². The second-order valence-electron chi connectivity index (χ2n) is 5.57. The van der Waals surface area contributed by atoms with E-state index in [0.717, 1.165) is 4.57 Å². The molecule has 0 aliphatic rings. The van der Waals surface area contributed by atoms with Gasteiger partial charge in [-0.15, -0.1) is 0 Å². The topological polar surface area (TPSA) is 107 Å². The van der Waals surface area contributed by atoms with Crippen molar-refractivity contribution in [1.82, 2.24) is 14.5 Å². The summed E-state index contributed by atoms with van der Waals surface area (Å²) >= 11 is 0. The predicted molar refractivity (Wildman–Crippen MR) is 92.4 cm³/mol. The molecule has 1 aromatic carbocycles. The number of benzene rings is 1. The van der Waals surface area contributed by atoms with Crippen molar-refractivity contribution in [2.75, 3.05) is 5.73 Å². The van der Waals surface area contributed by atoms with Gasteiger partial charge in [0, 0.05) is 11.8 Å². The van der Waals surface area contributed by atoms with Gasteiger partial charge in [0.05, 0.1) is 17.1 Å². The molecule has 0 fully saturated rings. The van der Waals surface area contributed by atoms with Crippen molar-refractivity contribution >= 4 is 11.8 Å². The van der Waals surface area contributed by atoms with Gasteiger partial charge in [0.1, 0.15) is 12.4 Å². The Morgan fingerprint density at radius 2 is 1.85 bits per heavy atom. The minimum Gasteiger partial charge on any atom is -0.384 e. The molecule has 0 aliphatic carbocycles. The molecule has 0 saturated carbocycles. The van der Waals surface area contributed by atoms with Gasteiger partial charge < -0.3 is 16.0 Å². The maximum absolute atomic E-state index is 13.3. The maximum atomic E-state index is 13.3. The van der Waals surface area contributed by atoms with E-state index in [1.807, 2.05) is 0 Å². The Kier molecular flexibility index (Phi) is 4.37. The molecule has 0 atom stereocenters. The van der Waals surface area contributed by atoms with Crippen LogP contribution in [-0.4, -0.2) is 26.5 Å². The summed E-state index contributed by atoms with van der Waals surface area (Å²) in [6, 6.07) is 11.3. The summed E-state index contributed by atoms with van der Waals surface area (Å²) in [7, 11) is 0. The Hall–Kier alpha value is -3.36. The van der Waals surface area contributed by atoms with Crippen molar-refractivity contribution in [1.29, 1.82) is 5.41 Å². The SMILES string of the molecule is N=C(N)c1cc(-c2ccnc(N)n2)n(CC(F)(F)F)c1-c1ccccc1. The highest BCUT2D eigenvalue weighted by molar-refractivity contribution is 6.02. The fraction of sp³-hybridized carbons (Fsp3) is 0.118. The third kappa shape index (κ3) is 3.51. The molecule has 0 radical (unpaired) electrons. The third-order valence-electron chi connectivity index (χ3n) is 3.71. The van der Waals surface area contributed by atoms with Gasteiger partial charge >= 0.3 is 6.18 Å². The largest absolute Gasteiger partial charge is 0.406 e. The Morgan fingerprint density at radius 3 is 2.42 bits per heavy atom. The highest BCUT2D eigenvalue weighted by Gasteiger charge is 2.32. The fourth-order valence-electron chi connectivity index (χ4n) is 2.73. The maximum Gasteiger partial charge on any atom is 0.406 e. The molecule has 5 N–H and O–H groups in total. The fourth-order valence-corrected chi connectivity index (χ4v) is 2.73. The Bertz CT molecular complexity index is 947. The summed E-state index contributed by atoms with van der Waals surface area (Å²) in [4.78, 5) is 7.77. The van der Waals surface area contributed by atoms with Crippen LogP contribution in [0.15, 0.2) is 48.7 Å². The Morgan fingerprint density at radius 1 is 1.15 bits per heavy atom. The predicted octanol–water partition coefficient (Wildman–Crippen LogP) is 3.04. The molecule has 0 bridgehead atoms. The molecule has 9 heteroatoms. The number of anilines is 1. The Balaban J connectivity index is 2.32. The van der Waals surface area contributed by atoms with E-state index in [2.05, 4.69) is 9.97 Å². The number of nitrogens with zero attached hydrogens (tertiary/aromatic N) is 3. The molecular formula is C17H15F3N6. The molecule has 0 saturated heterocycles. The lowest BCUT2D eigenvalue weighted by molar-refractivity contribution is -0.140. The number of halogens is 3. The van der Waals surface area contributed by atoms with Gasteiger partial charge in [-0.3, -0.25) is 5.41 Å². The van der Waals surface area contributed by atoms with Crippen LogP contribution >= 0.6 is 0 Å². The standard InChI is InChI=1S/C17H15F3N6/c18-17(19,20)9-26-13(12-6-7-24-16(23)25-12)8-11(15(21)22)14(26)10-4-2-1-3-5-10/h1-8H,9H2,(H3,21,22)(H2,23,24,25). The molecule has 6 nitrogen and oxygen atoms in total. The third-order valence-corrected chi connectivity index (χ3v) is 3.71.